The summed E-state index contributed by atoms with van der Waals surface area (Å²) < 4.78 is 5.94. The first-order valence-corrected chi connectivity index (χ1v) is 8.20. The Hall–Kier alpha value is -1.20. The van der Waals surface area contributed by atoms with Crippen molar-refractivity contribution in [2.45, 2.75) is 58.2 Å². The first kappa shape index (κ1) is 14.7. The van der Waals surface area contributed by atoms with E-state index < -0.39 is 0 Å². The van der Waals surface area contributed by atoms with Gasteiger partial charge in [-0.1, -0.05) is 12.8 Å². The van der Waals surface area contributed by atoms with Crippen LogP contribution < -0.4 is 5.32 Å². The zero-order chi connectivity index (χ0) is 14.7. The number of aromatic nitrogens is 2. The molecule has 2 fully saturated rings. The SMILES string of the molecule is CCNc1cc(C)nc(CN2CCOC3CCCCC32)n1. The fraction of sp³-hybridized carbons (Fsp3) is 0.750. The van der Waals surface area contributed by atoms with E-state index in [9.17, 15) is 0 Å². The van der Waals surface area contributed by atoms with Gasteiger partial charge in [0, 0.05) is 30.9 Å². The van der Waals surface area contributed by atoms with Crippen LogP contribution >= 0.6 is 0 Å². The molecule has 0 bridgehead atoms. The summed E-state index contributed by atoms with van der Waals surface area (Å²) in [5, 5.41) is 3.29. The molecule has 5 nitrogen and oxygen atoms in total. The molecule has 2 heterocycles. The van der Waals surface area contributed by atoms with Gasteiger partial charge in [0.15, 0.2) is 0 Å². The summed E-state index contributed by atoms with van der Waals surface area (Å²) in [7, 11) is 0. The van der Waals surface area contributed by atoms with E-state index in [4.69, 9.17) is 4.74 Å². The van der Waals surface area contributed by atoms with Gasteiger partial charge >= 0.3 is 0 Å². The van der Waals surface area contributed by atoms with E-state index in [2.05, 4.69) is 27.1 Å². The summed E-state index contributed by atoms with van der Waals surface area (Å²) in [6.45, 7) is 7.69. The van der Waals surface area contributed by atoms with Gasteiger partial charge in [-0.25, -0.2) is 9.97 Å². The Morgan fingerprint density at radius 2 is 2.19 bits per heavy atom. The van der Waals surface area contributed by atoms with Gasteiger partial charge in [-0.2, -0.15) is 0 Å². The van der Waals surface area contributed by atoms with Gasteiger partial charge in [-0.05, 0) is 26.7 Å². The molecule has 1 saturated heterocycles. The molecular weight excluding hydrogens is 264 g/mol. The lowest BCUT2D eigenvalue weighted by Gasteiger charge is -2.43. The molecule has 1 N–H and O–H groups in total. The van der Waals surface area contributed by atoms with Crippen molar-refractivity contribution in [1.82, 2.24) is 14.9 Å². The molecule has 116 valence electrons. The third kappa shape index (κ3) is 3.52. The summed E-state index contributed by atoms with van der Waals surface area (Å²) in [6.07, 6.45) is 5.50. The van der Waals surface area contributed by atoms with E-state index in [0.717, 1.165) is 43.6 Å². The van der Waals surface area contributed by atoms with Crippen molar-refractivity contribution < 1.29 is 4.74 Å². The highest BCUT2D eigenvalue weighted by Crippen LogP contribution is 2.29. The van der Waals surface area contributed by atoms with Gasteiger partial charge in [0.2, 0.25) is 0 Å². The molecule has 1 aliphatic carbocycles. The molecule has 0 spiro atoms. The summed E-state index contributed by atoms with van der Waals surface area (Å²) in [5.41, 5.74) is 1.03. The fourth-order valence-electron chi connectivity index (χ4n) is 3.53. The number of nitrogens with zero attached hydrogens (tertiary/aromatic N) is 3. The normalized spacial score (nSPS) is 26.4. The van der Waals surface area contributed by atoms with E-state index in [1.54, 1.807) is 0 Å². The highest BCUT2D eigenvalue weighted by molar-refractivity contribution is 5.35. The third-order valence-corrected chi connectivity index (χ3v) is 4.45. The van der Waals surface area contributed by atoms with Crippen molar-refractivity contribution in [3.63, 3.8) is 0 Å². The van der Waals surface area contributed by atoms with Crippen LogP contribution in [0.1, 0.15) is 44.1 Å². The molecule has 2 unspecified atom stereocenters. The van der Waals surface area contributed by atoms with Gasteiger partial charge in [0.25, 0.3) is 0 Å². The standard InChI is InChI=1S/C16H26N4O/c1-3-17-15-10-12(2)18-16(19-15)11-20-8-9-21-14-7-5-4-6-13(14)20/h10,13-14H,3-9,11H2,1-2H3,(H,17,18,19). The number of hydrogen-bond acceptors (Lipinski definition) is 5. The Bertz CT molecular complexity index is 477. The van der Waals surface area contributed by atoms with Crippen molar-refractivity contribution in [3.8, 4) is 0 Å². The average molecular weight is 290 g/mol. The minimum atomic E-state index is 0.422. The predicted octanol–water partition coefficient (Wildman–Crippen LogP) is 2.36. The topological polar surface area (TPSA) is 50.3 Å². The molecule has 3 rings (SSSR count). The highest BCUT2D eigenvalue weighted by Gasteiger charge is 2.34. The summed E-state index contributed by atoms with van der Waals surface area (Å²) in [6, 6.07) is 2.56. The number of nitrogens with one attached hydrogen (secondary N) is 1. The average Bonchev–Trinajstić information content (AvgIpc) is 2.47. The lowest BCUT2D eigenvalue weighted by atomic mass is 9.90. The van der Waals surface area contributed by atoms with E-state index in [1.807, 2.05) is 13.0 Å². The van der Waals surface area contributed by atoms with Crippen molar-refractivity contribution >= 4 is 5.82 Å². The Balaban J connectivity index is 1.72. The lowest BCUT2D eigenvalue weighted by molar-refractivity contribution is -0.0918. The molecule has 1 aliphatic heterocycles. The Morgan fingerprint density at radius 1 is 1.33 bits per heavy atom. The fourth-order valence-corrected chi connectivity index (χ4v) is 3.53. The van der Waals surface area contributed by atoms with E-state index in [0.29, 0.717) is 12.1 Å². The number of hydrogen-bond donors (Lipinski definition) is 1. The number of ether oxygens (including phenoxy) is 1. The second kappa shape index (κ2) is 6.71. The van der Waals surface area contributed by atoms with Crippen LogP contribution in [0.2, 0.25) is 0 Å². The Kier molecular flexibility index (Phi) is 4.70. The van der Waals surface area contributed by atoms with Crippen LogP contribution in [-0.4, -0.2) is 46.7 Å². The van der Waals surface area contributed by atoms with E-state index in [-0.39, 0.29) is 0 Å². The molecule has 0 amide bonds. The molecule has 21 heavy (non-hydrogen) atoms. The predicted molar refractivity (Wildman–Crippen MR) is 83.3 cm³/mol. The third-order valence-electron chi connectivity index (χ3n) is 4.45. The van der Waals surface area contributed by atoms with Crippen LogP contribution in [0.3, 0.4) is 0 Å². The van der Waals surface area contributed by atoms with Crippen LogP contribution in [0, 0.1) is 6.92 Å². The molecular formula is C16H26N4O. The monoisotopic (exact) mass is 290 g/mol. The maximum absolute atomic E-state index is 5.94. The van der Waals surface area contributed by atoms with Gasteiger partial charge < -0.3 is 10.1 Å². The minimum Gasteiger partial charge on any atom is -0.375 e. The summed E-state index contributed by atoms with van der Waals surface area (Å²) >= 11 is 0. The quantitative estimate of drug-likeness (QED) is 0.922. The number of morpholine rings is 1. The zero-order valence-corrected chi connectivity index (χ0v) is 13.1. The van der Waals surface area contributed by atoms with Crippen LogP contribution in [-0.2, 0) is 11.3 Å². The first-order valence-electron chi connectivity index (χ1n) is 8.20. The second-order valence-corrected chi connectivity index (χ2v) is 6.07. The Labute approximate surface area is 127 Å². The first-order chi connectivity index (χ1) is 10.3. The maximum Gasteiger partial charge on any atom is 0.144 e. The second-order valence-electron chi connectivity index (χ2n) is 6.07. The summed E-state index contributed by atoms with van der Waals surface area (Å²) in [5.74, 6) is 1.87. The van der Waals surface area contributed by atoms with Crippen molar-refractivity contribution in [3.05, 3.63) is 17.6 Å². The molecule has 2 atom stereocenters. The van der Waals surface area contributed by atoms with Crippen LogP contribution in [0.15, 0.2) is 6.07 Å². The van der Waals surface area contributed by atoms with E-state index in [1.165, 1.54) is 25.7 Å². The van der Waals surface area contributed by atoms with Crippen molar-refractivity contribution in [2.24, 2.45) is 0 Å². The Morgan fingerprint density at radius 3 is 3.05 bits per heavy atom. The van der Waals surface area contributed by atoms with Crippen molar-refractivity contribution in [1.29, 1.82) is 0 Å². The van der Waals surface area contributed by atoms with Gasteiger partial charge in [0.1, 0.15) is 11.6 Å². The molecule has 1 saturated carbocycles. The maximum atomic E-state index is 5.94. The number of anilines is 1. The molecule has 0 aromatic carbocycles. The highest BCUT2D eigenvalue weighted by atomic mass is 16.5. The molecule has 1 aromatic heterocycles. The van der Waals surface area contributed by atoms with E-state index >= 15 is 0 Å². The van der Waals surface area contributed by atoms with Crippen molar-refractivity contribution in [2.75, 3.05) is 25.0 Å². The molecule has 1 aromatic rings. The van der Waals surface area contributed by atoms with Crippen LogP contribution in [0.5, 0.6) is 0 Å². The molecule has 2 aliphatic rings. The number of aryl methyl sites for hydroxylation is 1. The largest absolute Gasteiger partial charge is 0.375 e. The number of fused-ring (bicyclic) bond motifs is 1. The lowest BCUT2D eigenvalue weighted by Crippen LogP contribution is -2.52. The van der Waals surface area contributed by atoms with Gasteiger partial charge in [-0.3, -0.25) is 4.90 Å². The minimum absolute atomic E-state index is 0.422. The summed E-state index contributed by atoms with van der Waals surface area (Å²) in [4.78, 5) is 11.8. The number of rotatable bonds is 4. The van der Waals surface area contributed by atoms with Gasteiger partial charge in [0.05, 0.1) is 19.3 Å². The molecule has 0 radical (unpaired) electrons. The van der Waals surface area contributed by atoms with Crippen LogP contribution in [0.25, 0.3) is 0 Å². The van der Waals surface area contributed by atoms with Gasteiger partial charge in [-0.15, -0.1) is 0 Å². The smallest absolute Gasteiger partial charge is 0.144 e. The zero-order valence-electron chi connectivity index (χ0n) is 13.1. The van der Waals surface area contributed by atoms with Crippen LogP contribution in [0.4, 0.5) is 5.82 Å². The molecule has 5 heteroatoms.